The molecule has 3 aromatic carbocycles. The van der Waals surface area contributed by atoms with Gasteiger partial charge in [-0.2, -0.15) is 0 Å². The van der Waals surface area contributed by atoms with Crippen LogP contribution in [0.25, 0.3) is 0 Å². The molecule has 1 aliphatic heterocycles. The molecule has 1 heterocycles. The van der Waals surface area contributed by atoms with Gasteiger partial charge < -0.3 is 5.32 Å². The number of benzene rings is 3. The standard InChI is InChI=1S/C22H15ClN2O3/c1-13-10-11-14(12-18(13)23)24-20(26)17-8-4-5-9-19(17)25-21(27)15-6-2-3-7-16(15)22(25)28/h2-12H,1H3,(H,24,26). The number of carbonyl (C=O) groups excluding carboxylic acids is 3. The molecule has 1 aliphatic rings. The van der Waals surface area contributed by atoms with Gasteiger partial charge in [-0.25, -0.2) is 4.90 Å². The fraction of sp³-hybridized carbons (Fsp3) is 0.0455. The van der Waals surface area contributed by atoms with Crippen LogP contribution in [0.3, 0.4) is 0 Å². The number of carbonyl (C=O) groups is 3. The van der Waals surface area contributed by atoms with Gasteiger partial charge in [0.1, 0.15) is 0 Å². The van der Waals surface area contributed by atoms with Crippen molar-refractivity contribution in [3.05, 3.63) is 94.0 Å². The molecule has 0 unspecified atom stereocenters. The maximum absolute atomic E-state index is 12.9. The number of hydrogen-bond donors (Lipinski definition) is 1. The van der Waals surface area contributed by atoms with E-state index in [1.807, 2.05) is 6.92 Å². The minimum atomic E-state index is -0.445. The Kier molecular flexibility index (Phi) is 4.45. The van der Waals surface area contributed by atoms with Gasteiger partial charge in [0.15, 0.2) is 0 Å². The topological polar surface area (TPSA) is 66.5 Å². The van der Waals surface area contributed by atoms with E-state index in [4.69, 9.17) is 11.6 Å². The minimum absolute atomic E-state index is 0.216. The zero-order chi connectivity index (χ0) is 19.8. The van der Waals surface area contributed by atoms with Gasteiger partial charge in [-0.15, -0.1) is 0 Å². The number of amides is 3. The normalized spacial score (nSPS) is 12.9. The zero-order valence-corrected chi connectivity index (χ0v) is 15.7. The SMILES string of the molecule is Cc1ccc(NC(=O)c2ccccc2N2C(=O)c3ccccc3C2=O)cc1Cl. The molecular weight excluding hydrogens is 376 g/mol. The third-order valence-electron chi connectivity index (χ3n) is 4.61. The largest absolute Gasteiger partial charge is 0.322 e. The van der Waals surface area contributed by atoms with Crippen LogP contribution >= 0.6 is 11.6 Å². The third-order valence-corrected chi connectivity index (χ3v) is 5.02. The molecule has 0 saturated carbocycles. The Bertz CT molecular complexity index is 1110. The number of fused-ring (bicyclic) bond motifs is 1. The Labute approximate surface area is 166 Å². The fourth-order valence-electron chi connectivity index (χ4n) is 3.14. The molecule has 0 aromatic heterocycles. The molecule has 5 nitrogen and oxygen atoms in total. The number of aryl methyl sites for hydroxylation is 1. The van der Waals surface area contributed by atoms with Gasteiger partial charge in [-0.1, -0.05) is 41.9 Å². The Morgan fingerprint density at radius 1 is 0.893 bits per heavy atom. The Hall–Kier alpha value is -3.44. The average molecular weight is 391 g/mol. The first kappa shape index (κ1) is 17.9. The number of anilines is 2. The van der Waals surface area contributed by atoms with Crippen molar-refractivity contribution in [1.82, 2.24) is 0 Å². The van der Waals surface area contributed by atoms with Crippen LogP contribution in [0.15, 0.2) is 66.7 Å². The summed E-state index contributed by atoms with van der Waals surface area (Å²) in [5.41, 5.74) is 2.53. The lowest BCUT2D eigenvalue weighted by molar-refractivity contribution is 0.0926. The van der Waals surface area contributed by atoms with Crippen molar-refractivity contribution >= 4 is 40.7 Å². The fourth-order valence-corrected chi connectivity index (χ4v) is 3.32. The molecule has 0 saturated heterocycles. The van der Waals surface area contributed by atoms with Crippen LogP contribution in [0.1, 0.15) is 36.6 Å². The molecule has 0 radical (unpaired) electrons. The summed E-state index contributed by atoms with van der Waals surface area (Å²) in [5, 5.41) is 3.30. The second-order valence-corrected chi connectivity index (χ2v) is 6.83. The molecule has 0 aliphatic carbocycles. The second-order valence-electron chi connectivity index (χ2n) is 6.43. The van der Waals surface area contributed by atoms with Gasteiger partial charge in [0.25, 0.3) is 17.7 Å². The first-order chi connectivity index (χ1) is 13.5. The summed E-state index contributed by atoms with van der Waals surface area (Å²) >= 11 is 6.12. The highest BCUT2D eigenvalue weighted by molar-refractivity contribution is 6.35. The number of hydrogen-bond acceptors (Lipinski definition) is 3. The van der Waals surface area contributed by atoms with Crippen LogP contribution < -0.4 is 10.2 Å². The summed E-state index contributed by atoms with van der Waals surface area (Å²) in [5.74, 6) is -1.33. The number of halogens is 1. The highest BCUT2D eigenvalue weighted by atomic mass is 35.5. The summed E-state index contributed by atoms with van der Waals surface area (Å²) in [6.07, 6.45) is 0. The van der Waals surface area contributed by atoms with E-state index in [9.17, 15) is 14.4 Å². The predicted octanol–water partition coefficient (Wildman–Crippen LogP) is 4.70. The first-order valence-corrected chi connectivity index (χ1v) is 8.99. The van der Waals surface area contributed by atoms with Crippen LogP contribution in [0.5, 0.6) is 0 Å². The number of nitrogens with zero attached hydrogens (tertiary/aromatic N) is 1. The lowest BCUT2D eigenvalue weighted by atomic mass is 10.1. The molecule has 0 fully saturated rings. The van der Waals surface area contributed by atoms with Crippen LogP contribution in [0, 0.1) is 6.92 Å². The van der Waals surface area contributed by atoms with E-state index >= 15 is 0 Å². The monoisotopic (exact) mass is 390 g/mol. The van der Waals surface area contributed by atoms with Crippen LogP contribution in [-0.4, -0.2) is 17.7 Å². The quantitative estimate of drug-likeness (QED) is 0.659. The van der Waals surface area contributed by atoms with Gasteiger partial charge in [0.2, 0.25) is 0 Å². The predicted molar refractivity (Wildman–Crippen MR) is 108 cm³/mol. The van der Waals surface area contributed by atoms with E-state index in [0.717, 1.165) is 10.5 Å². The van der Waals surface area contributed by atoms with Crippen molar-refractivity contribution in [2.75, 3.05) is 10.2 Å². The molecule has 0 atom stereocenters. The lowest BCUT2D eigenvalue weighted by Crippen LogP contribution is -2.31. The lowest BCUT2D eigenvalue weighted by Gasteiger charge is -2.18. The maximum Gasteiger partial charge on any atom is 0.266 e. The van der Waals surface area contributed by atoms with Crippen LogP contribution in [0.2, 0.25) is 5.02 Å². The highest BCUT2D eigenvalue weighted by Gasteiger charge is 2.37. The molecular formula is C22H15ClN2O3. The van der Waals surface area contributed by atoms with Crippen LogP contribution in [0.4, 0.5) is 11.4 Å². The Morgan fingerprint density at radius 2 is 1.50 bits per heavy atom. The highest BCUT2D eigenvalue weighted by Crippen LogP contribution is 2.31. The molecule has 28 heavy (non-hydrogen) atoms. The van der Waals surface area contributed by atoms with Crippen LogP contribution in [-0.2, 0) is 0 Å². The van der Waals surface area contributed by atoms with E-state index in [0.29, 0.717) is 21.8 Å². The molecule has 6 heteroatoms. The van der Waals surface area contributed by atoms with E-state index in [2.05, 4.69) is 5.32 Å². The summed E-state index contributed by atoms with van der Waals surface area (Å²) in [6, 6.07) is 18.3. The molecule has 1 N–H and O–H groups in total. The van der Waals surface area contributed by atoms with Crippen molar-refractivity contribution in [1.29, 1.82) is 0 Å². The summed E-state index contributed by atoms with van der Waals surface area (Å²) in [7, 11) is 0. The molecule has 138 valence electrons. The maximum atomic E-state index is 12.9. The number of para-hydroxylation sites is 1. The molecule has 4 rings (SSSR count). The van der Waals surface area contributed by atoms with Gasteiger partial charge >= 0.3 is 0 Å². The van der Waals surface area contributed by atoms with Crippen molar-refractivity contribution in [3.8, 4) is 0 Å². The van der Waals surface area contributed by atoms with Crippen molar-refractivity contribution < 1.29 is 14.4 Å². The van der Waals surface area contributed by atoms with Crippen molar-refractivity contribution in [2.24, 2.45) is 0 Å². The summed E-state index contributed by atoms with van der Waals surface area (Å²) in [6.45, 7) is 1.87. The second kappa shape index (κ2) is 6.94. The van der Waals surface area contributed by atoms with E-state index in [-0.39, 0.29) is 11.3 Å². The number of rotatable bonds is 3. The number of nitrogens with one attached hydrogen (secondary N) is 1. The average Bonchev–Trinajstić information content (AvgIpc) is 2.95. The molecule has 3 aromatic rings. The minimum Gasteiger partial charge on any atom is -0.322 e. The Balaban J connectivity index is 1.70. The van der Waals surface area contributed by atoms with E-state index in [1.165, 1.54) is 0 Å². The molecule has 3 amide bonds. The van der Waals surface area contributed by atoms with E-state index in [1.54, 1.807) is 66.7 Å². The van der Waals surface area contributed by atoms with Gasteiger partial charge in [-0.05, 0) is 48.9 Å². The number of imide groups is 1. The van der Waals surface area contributed by atoms with Gasteiger partial charge in [-0.3, -0.25) is 14.4 Å². The Morgan fingerprint density at radius 3 is 2.14 bits per heavy atom. The zero-order valence-electron chi connectivity index (χ0n) is 14.9. The molecule has 0 bridgehead atoms. The van der Waals surface area contributed by atoms with E-state index < -0.39 is 17.7 Å². The first-order valence-electron chi connectivity index (χ1n) is 8.61. The smallest absolute Gasteiger partial charge is 0.266 e. The summed E-state index contributed by atoms with van der Waals surface area (Å²) < 4.78 is 0. The van der Waals surface area contributed by atoms with Gasteiger partial charge in [0, 0.05) is 10.7 Å². The third kappa shape index (κ3) is 2.96. The van der Waals surface area contributed by atoms with Crippen molar-refractivity contribution in [2.45, 2.75) is 6.92 Å². The summed E-state index contributed by atoms with van der Waals surface area (Å²) in [4.78, 5) is 39.5. The molecule has 0 spiro atoms. The van der Waals surface area contributed by atoms with Crippen molar-refractivity contribution in [3.63, 3.8) is 0 Å². The van der Waals surface area contributed by atoms with Gasteiger partial charge in [0.05, 0.1) is 22.4 Å².